The second-order valence-corrected chi connectivity index (χ2v) is 7.85. The molecule has 0 atom stereocenters. The highest BCUT2D eigenvalue weighted by Crippen LogP contribution is 2.48. The number of benzene rings is 1. The Morgan fingerprint density at radius 1 is 1.25 bits per heavy atom. The lowest BCUT2D eigenvalue weighted by molar-refractivity contribution is -0.131. The zero-order valence-corrected chi connectivity index (χ0v) is 17.0. The van der Waals surface area contributed by atoms with Gasteiger partial charge in [-0.25, -0.2) is 0 Å². The van der Waals surface area contributed by atoms with E-state index in [0.717, 1.165) is 24.0 Å². The molecule has 2 aliphatic rings. The van der Waals surface area contributed by atoms with E-state index in [0.29, 0.717) is 42.8 Å². The highest BCUT2D eigenvalue weighted by atomic mass is 16.5. The highest BCUT2D eigenvalue weighted by Gasteiger charge is 2.43. The van der Waals surface area contributed by atoms with Gasteiger partial charge >= 0.3 is 0 Å². The summed E-state index contributed by atoms with van der Waals surface area (Å²) in [7, 11) is 1.56. The van der Waals surface area contributed by atoms with Gasteiger partial charge in [-0.2, -0.15) is 0 Å². The Hall–Kier alpha value is -2.74. The van der Waals surface area contributed by atoms with Crippen molar-refractivity contribution >= 4 is 17.3 Å². The third kappa shape index (κ3) is 3.64. The van der Waals surface area contributed by atoms with Crippen molar-refractivity contribution in [1.29, 1.82) is 0 Å². The number of aliphatic hydroxyl groups is 1. The Labute approximate surface area is 166 Å². The Morgan fingerprint density at radius 3 is 2.46 bits per heavy atom. The zero-order chi connectivity index (χ0) is 20.5. The number of carbonyl (C=O) groups excluding carboxylic acids is 2. The number of Topliss-reactive ketones (excluding diaryl/α,β-unsaturated/α-hetero) is 1. The minimum Gasteiger partial charge on any atom is -0.512 e. The third-order valence-electron chi connectivity index (χ3n) is 5.95. The summed E-state index contributed by atoms with van der Waals surface area (Å²) in [6.45, 7) is 6.52. The molecule has 28 heavy (non-hydrogen) atoms. The number of rotatable bonds is 2. The SMILES string of the molecule is CC#Cc1cc(C)c(C2=C(O)CC3(CCN(C(C)=O)CC3)CC2=O)c(OC)c1. The summed E-state index contributed by atoms with van der Waals surface area (Å²) in [5.74, 6) is 6.56. The first-order valence-corrected chi connectivity index (χ1v) is 9.63. The molecular weight excluding hydrogens is 354 g/mol. The molecular formula is C23H27NO4. The summed E-state index contributed by atoms with van der Waals surface area (Å²) in [5.41, 5.74) is 2.43. The average molecular weight is 381 g/mol. The van der Waals surface area contributed by atoms with E-state index < -0.39 is 0 Å². The summed E-state index contributed by atoms with van der Waals surface area (Å²) in [4.78, 5) is 26.5. The molecule has 1 fully saturated rings. The van der Waals surface area contributed by atoms with Gasteiger partial charge < -0.3 is 14.7 Å². The van der Waals surface area contributed by atoms with Crippen molar-refractivity contribution in [2.45, 2.75) is 46.5 Å². The van der Waals surface area contributed by atoms with Gasteiger partial charge in [0, 0.05) is 44.0 Å². The maximum atomic E-state index is 13.1. The molecule has 0 saturated carbocycles. The maximum absolute atomic E-state index is 13.1. The van der Waals surface area contributed by atoms with E-state index in [-0.39, 0.29) is 22.9 Å². The van der Waals surface area contributed by atoms with E-state index in [9.17, 15) is 14.7 Å². The largest absolute Gasteiger partial charge is 0.512 e. The number of methoxy groups -OCH3 is 1. The maximum Gasteiger partial charge on any atom is 0.219 e. The fourth-order valence-corrected chi connectivity index (χ4v) is 4.48. The summed E-state index contributed by atoms with van der Waals surface area (Å²) in [6.07, 6.45) is 2.31. The molecule has 0 radical (unpaired) electrons. The molecule has 1 N–H and O–H groups in total. The van der Waals surface area contributed by atoms with E-state index >= 15 is 0 Å². The summed E-state index contributed by atoms with van der Waals surface area (Å²) in [5, 5.41) is 10.9. The molecule has 5 nitrogen and oxygen atoms in total. The first-order chi connectivity index (χ1) is 13.3. The molecule has 1 aliphatic carbocycles. The van der Waals surface area contributed by atoms with Gasteiger partial charge in [0.25, 0.3) is 0 Å². The predicted octanol–water partition coefficient (Wildman–Crippen LogP) is 3.64. The van der Waals surface area contributed by atoms with Crippen LogP contribution in [0, 0.1) is 24.2 Å². The normalized spacial score (nSPS) is 18.7. The topological polar surface area (TPSA) is 66.8 Å². The minimum absolute atomic E-state index is 0.0595. The van der Waals surface area contributed by atoms with Crippen LogP contribution in [0.5, 0.6) is 5.75 Å². The van der Waals surface area contributed by atoms with Gasteiger partial charge in [0.2, 0.25) is 5.91 Å². The van der Waals surface area contributed by atoms with Gasteiger partial charge in [-0.3, -0.25) is 9.59 Å². The number of amides is 1. The van der Waals surface area contributed by atoms with Crippen LogP contribution in [0.2, 0.25) is 0 Å². The highest BCUT2D eigenvalue weighted by molar-refractivity contribution is 6.23. The van der Waals surface area contributed by atoms with Gasteiger partial charge in [-0.05, 0) is 49.8 Å². The molecule has 0 unspecified atom stereocenters. The molecule has 1 aromatic carbocycles. The number of aryl methyl sites for hydroxylation is 1. The molecule has 1 heterocycles. The smallest absolute Gasteiger partial charge is 0.219 e. The van der Waals surface area contributed by atoms with Crippen LogP contribution in [0.25, 0.3) is 5.57 Å². The van der Waals surface area contributed by atoms with Crippen LogP contribution < -0.4 is 4.74 Å². The molecule has 1 aliphatic heterocycles. The fraction of sp³-hybridized carbons (Fsp3) is 0.478. The van der Waals surface area contributed by atoms with Gasteiger partial charge in [0.1, 0.15) is 11.5 Å². The minimum atomic E-state index is -0.259. The zero-order valence-electron chi connectivity index (χ0n) is 17.0. The monoisotopic (exact) mass is 381 g/mol. The number of ketones is 1. The first-order valence-electron chi connectivity index (χ1n) is 9.63. The fourth-order valence-electron chi connectivity index (χ4n) is 4.48. The first kappa shape index (κ1) is 20.0. The summed E-state index contributed by atoms with van der Waals surface area (Å²) < 4.78 is 5.53. The molecule has 5 heteroatoms. The van der Waals surface area contributed by atoms with Crippen molar-refractivity contribution in [3.63, 3.8) is 0 Å². The van der Waals surface area contributed by atoms with Crippen molar-refractivity contribution in [3.8, 4) is 17.6 Å². The molecule has 1 spiro atoms. The Bertz CT molecular complexity index is 909. The van der Waals surface area contributed by atoms with E-state index in [2.05, 4.69) is 11.8 Å². The predicted molar refractivity (Wildman–Crippen MR) is 108 cm³/mol. The summed E-state index contributed by atoms with van der Waals surface area (Å²) >= 11 is 0. The Morgan fingerprint density at radius 2 is 1.93 bits per heavy atom. The average Bonchev–Trinajstić information content (AvgIpc) is 2.63. The van der Waals surface area contributed by atoms with E-state index in [1.165, 1.54) is 0 Å². The lowest BCUT2D eigenvalue weighted by Crippen LogP contribution is -2.44. The van der Waals surface area contributed by atoms with Gasteiger partial charge in [-0.1, -0.05) is 5.92 Å². The van der Waals surface area contributed by atoms with E-state index in [1.54, 1.807) is 21.0 Å². The number of nitrogens with zero attached hydrogens (tertiary/aromatic N) is 1. The number of carbonyl (C=O) groups is 2. The molecule has 148 valence electrons. The molecule has 1 saturated heterocycles. The number of ether oxygens (including phenoxy) is 1. The van der Waals surface area contributed by atoms with E-state index in [1.807, 2.05) is 24.0 Å². The second kappa shape index (κ2) is 7.71. The van der Waals surface area contributed by atoms with Crippen LogP contribution in [-0.4, -0.2) is 41.9 Å². The van der Waals surface area contributed by atoms with Crippen LogP contribution in [0.4, 0.5) is 0 Å². The standard InChI is InChI=1S/C23H27NO4/c1-5-6-17-11-15(2)21(20(12-17)28-4)22-18(26)13-23(14-19(22)27)7-9-24(10-8-23)16(3)25/h11-12,26H,7-10,13-14H2,1-4H3. The molecule has 1 aromatic rings. The third-order valence-corrected chi connectivity index (χ3v) is 5.95. The van der Waals surface area contributed by atoms with Crippen LogP contribution in [0.15, 0.2) is 17.9 Å². The van der Waals surface area contributed by atoms with Crippen LogP contribution in [0.1, 0.15) is 56.2 Å². The number of aliphatic hydroxyl groups excluding tert-OH is 1. The lowest BCUT2D eigenvalue weighted by atomic mass is 9.66. The van der Waals surface area contributed by atoms with Crippen LogP contribution in [-0.2, 0) is 9.59 Å². The Kier molecular flexibility index (Phi) is 5.51. The second-order valence-electron chi connectivity index (χ2n) is 7.85. The summed E-state index contributed by atoms with van der Waals surface area (Å²) in [6, 6.07) is 3.72. The van der Waals surface area contributed by atoms with Gasteiger partial charge in [-0.15, -0.1) is 5.92 Å². The number of likely N-dealkylation sites (tertiary alicyclic amines) is 1. The Balaban J connectivity index is 1.97. The number of hydrogen-bond donors (Lipinski definition) is 1. The van der Waals surface area contributed by atoms with Crippen LogP contribution in [0.3, 0.4) is 0 Å². The van der Waals surface area contributed by atoms with E-state index in [4.69, 9.17) is 4.74 Å². The van der Waals surface area contributed by atoms with Crippen LogP contribution >= 0.6 is 0 Å². The number of hydrogen-bond acceptors (Lipinski definition) is 4. The van der Waals surface area contributed by atoms with Gasteiger partial charge in [0.05, 0.1) is 12.7 Å². The van der Waals surface area contributed by atoms with Crippen molar-refractivity contribution in [1.82, 2.24) is 4.90 Å². The number of piperidine rings is 1. The molecule has 0 bridgehead atoms. The lowest BCUT2D eigenvalue weighted by Gasteiger charge is -2.43. The van der Waals surface area contributed by atoms with Crippen molar-refractivity contribution in [2.75, 3.05) is 20.2 Å². The molecule has 3 rings (SSSR count). The van der Waals surface area contributed by atoms with Gasteiger partial charge in [0.15, 0.2) is 5.78 Å². The van der Waals surface area contributed by atoms with Crippen molar-refractivity contribution < 1.29 is 19.4 Å². The van der Waals surface area contributed by atoms with Crippen molar-refractivity contribution in [3.05, 3.63) is 34.6 Å². The quantitative estimate of drug-likeness (QED) is 0.795. The van der Waals surface area contributed by atoms with Crippen molar-refractivity contribution in [2.24, 2.45) is 5.41 Å². The molecule has 1 amide bonds. The molecule has 0 aromatic heterocycles. The number of allylic oxidation sites excluding steroid dienone is 2.